The summed E-state index contributed by atoms with van der Waals surface area (Å²) >= 11 is 0. The molecular formula is C14H22O4. The van der Waals surface area contributed by atoms with Crippen molar-refractivity contribution in [3.8, 4) is 0 Å². The first-order valence-corrected chi connectivity index (χ1v) is 6.99. The van der Waals surface area contributed by atoms with Crippen LogP contribution in [0.3, 0.4) is 0 Å². The van der Waals surface area contributed by atoms with Crippen molar-refractivity contribution in [1.82, 2.24) is 0 Å². The molecule has 0 N–H and O–H groups in total. The lowest BCUT2D eigenvalue weighted by molar-refractivity contribution is -0.201. The van der Waals surface area contributed by atoms with Crippen LogP contribution in [0, 0.1) is 11.8 Å². The van der Waals surface area contributed by atoms with Gasteiger partial charge in [0.1, 0.15) is 0 Å². The number of esters is 2. The Bertz CT molecular complexity index is 318. The van der Waals surface area contributed by atoms with Crippen molar-refractivity contribution in [3.05, 3.63) is 0 Å². The Labute approximate surface area is 108 Å². The summed E-state index contributed by atoms with van der Waals surface area (Å²) in [5.74, 6) is -0.234. The highest BCUT2D eigenvalue weighted by molar-refractivity contribution is 5.87. The molecule has 1 heterocycles. The maximum absolute atomic E-state index is 11.9. The number of hydrogen-bond donors (Lipinski definition) is 0. The lowest BCUT2D eigenvalue weighted by Gasteiger charge is -2.34. The maximum atomic E-state index is 11.9. The molecule has 4 heteroatoms. The number of hydrogen-bond acceptors (Lipinski definition) is 4. The van der Waals surface area contributed by atoms with Crippen LogP contribution in [-0.4, -0.2) is 24.1 Å². The third kappa shape index (κ3) is 3.03. The molecule has 2 fully saturated rings. The smallest absolute Gasteiger partial charge is 0.348 e. The first-order valence-electron chi connectivity index (χ1n) is 6.99. The Morgan fingerprint density at radius 2 is 1.72 bits per heavy atom. The van der Waals surface area contributed by atoms with Gasteiger partial charge in [0.2, 0.25) is 6.10 Å². The van der Waals surface area contributed by atoms with Crippen LogP contribution in [0.1, 0.15) is 52.4 Å². The topological polar surface area (TPSA) is 52.6 Å². The normalized spacial score (nSPS) is 30.2. The fraction of sp³-hybridized carbons (Fsp3) is 0.857. The van der Waals surface area contributed by atoms with Gasteiger partial charge in [-0.1, -0.05) is 33.1 Å². The van der Waals surface area contributed by atoms with E-state index in [2.05, 4.69) is 0 Å². The highest BCUT2D eigenvalue weighted by atomic mass is 16.6. The Balaban J connectivity index is 1.96. The molecule has 2 atom stereocenters. The number of rotatable bonds is 3. The molecule has 2 unspecified atom stereocenters. The number of carbonyl (C=O) groups is 2. The van der Waals surface area contributed by atoms with Gasteiger partial charge in [0, 0.05) is 5.92 Å². The maximum Gasteiger partial charge on any atom is 0.348 e. The minimum Gasteiger partial charge on any atom is -0.448 e. The average molecular weight is 254 g/mol. The summed E-state index contributed by atoms with van der Waals surface area (Å²) in [6.07, 6.45) is 4.55. The number of cyclic esters (lactones) is 2. The van der Waals surface area contributed by atoms with Gasteiger partial charge in [0.25, 0.3) is 0 Å². The van der Waals surface area contributed by atoms with E-state index in [0.29, 0.717) is 12.3 Å². The summed E-state index contributed by atoms with van der Waals surface area (Å²) in [6, 6.07) is 0. The quantitative estimate of drug-likeness (QED) is 0.726. The van der Waals surface area contributed by atoms with Gasteiger partial charge in [-0.3, -0.25) is 0 Å². The molecule has 0 bridgehead atoms. The molecule has 0 aromatic rings. The van der Waals surface area contributed by atoms with Crippen molar-refractivity contribution >= 4 is 11.9 Å². The standard InChI is InChI=1S/C14H22O4/c1-9(2)8-11-13(15)18-12(14(16)17-11)10-6-4-3-5-7-10/h9-12H,3-8H2,1-2H3. The van der Waals surface area contributed by atoms with Gasteiger partial charge in [0.15, 0.2) is 6.10 Å². The van der Waals surface area contributed by atoms with Crippen molar-refractivity contribution in [2.45, 2.75) is 64.6 Å². The lowest BCUT2D eigenvalue weighted by atomic mass is 9.85. The van der Waals surface area contributed by atoms with Gasteiger partial charge in [-0.2, -0.15) is 0 Å². The van der Waals surface area contributed by atoms with E-state index in [9.17, 15) is 9.59 Å². The number of carbonyl (C=O) groups excluding carboxylic acids is 2. The monoisotopic (exact) mass is 254 g/mol. The zero-order valence-corrected chi connectivity index (χ0v) is 11.2. The minimum atomic E-state index is -0.697. The first-order chi connectivity index (χ1) is 8.58. The molecule has 1 saturated carbocycles. The van der Waals surface area contributed by atoms with Gasteiger partial charge in [-0.05, 0) is 25.2 Å². The fourth-order valence-electron chi connectivity index (χ4n) is 2.80. The van der Waals surface area contributed by atoms with Crippen LogP contribution >= 0.6 is 0 Å². The molecule has 1 aliphatic heterocycles. The molecule has 4 nitrogen and oxygen atoms in total. The molecule has 0 amide bonds. The molecule has 18 heavy (non-hydrogen) atoms. The minimum absolute atomic E-state index is 0.162. The van der Waals surface area contributed by atoms with Gasteiger partial charge in [0.05, 0.1) is 0 Å². The van der Waals surface area contributed by atoms with E-state index in [-0.39, 0.29) is 17.9 Å². The highest BCUT2D eigenvalue weighted by Gasteiger charge is 2.42. The Morgan fingerprint density at radius 3 is 2.33 bits per heavy atom. The predicted molar refractivity (Wildman–Crippen MR) is 65.8 cm³/mol. The van der Waals surface area contributed by atoms with Gasteiger partial charge in [-0.15, -0.1) is 0 Å². The third-order valence-corrected chi connectivity index (χ3v) is 3.76. The van der Waals surface area contributed by atoms with Crippen LogP contribution in [0.4, 0.5) is 0 Å². The second-order valence-electron chi connectivity index (χ2n) is 5.81. The van der Waals surface area contributed by atoms with E-state index in [1.807, 2.05) is 13.8 Å². The average Bonchev–Trinajstić information content (AvgIpc) is 2.34. The molecule has 1 saturated heterocycles. The predicted octanol–water partition coefficient (Wildman–Crippen LogP) is 2.45. The fourth-order valence-corrected chi connectivity index (χ4v) is 2.80. The Kier molecular flexibility index (Phi) is 4.25. The molecular weight excluding hydrogens is 232 g/mol. The van der Waals surface area contributed by atoms with E-state index in [1.54, 1.807) is 0 Å². The molecule has 0 aromatic heterocycles. The van der Waals surface area contributed by atoms with Crippen LogP contribution in [0.2, 0.25) is 0 Å². The van der Waals surface area contributed by atoms with E-state index in [4.69, 9.17) is 9.47 Å². The van der Waals surface area contributed by atoms with Crippen molar-refractivity contribution in [2.75, 3.05) is 0 Å². The molecule has 2 rings (SSSR count). The second kappa shape index (κ2) is 5.72. The highest BCUT2D eigenvalue weighted by Crippen LogP contribution is 2.31. The van der Waals surface area contributed by atoms with Crippen LogP contribution in [-0.2, 0) is 19.1 Å². The van der Waals surface area contributed by atoms with Crippen LogP contribution in [0.25, 0.3) is 0 Å². The Hall–Kier alpha value is -1.06. The summed E-state index contributed by atoms with van der Waals surface area (Å²) in [7, 11) is 0. The van der Waals surface area contributed by atoms with E-state index >= 15 is 0 Å². The molecule has 1 aliphatic carbocycles. The van der Waals surface area contributed by atoms with Crippen molar-refractivity contribution in [2.24, 2.45) is 11.8 Å². The van der Waals surface area contributed by atoms with E-state index in [1.165, 1.54) is 6.42 Å². The zero-order chi connectivity index (χ0) is 13.1. The summed E-state index contributed by atoms with van der Waals surface area (Å²) in [5, 5.41) is 0. The summed E-state index contributed by atoms with van der Waals surface area (Å²) in [6.45, 7) is 3.99. The van der Waals surface area contributed by atoms with Crippen LogP contribution in [0.5, 0.6) is 0 Å². The SMILES string of the molecule is CC(C)CC1OC(=O)C(C2CCCCC2)OC1=O. The second-order valence-corrected chi connectivity index (χ2v) is 5.81. The summed E-state index contributed by atoms with van der Waals surface area (Å²) < 4.78 is 10.6. The van der Waals surface area contributed by atoms with Gasteiger partial charge >= 0.3 is 11.9 Å². The van der Waals surface area contributed by atoms with Gasteiger partial charge in [-0.25, -0.2) is 9.59 Å². The molecule has 0 aromatic carbocycles. The summed E-state index contributed by atoms with van der Waals surface area (Å²) in [4.78, 5) is 23.8. The van der Waals surface area contributed by atoms with E-state index in [0.717, 1.165) is 25.7 Å². The van der Waals surface area contributed by atoms with Crippen LogP contribution in [0.15, 0.2) is 0 Å². The van der Waals surface area contributed by atoms with Crippen LogP contribution < -0.4 is 0 Å². The zero-order valence-electron chi connectivity index (χ0n) is 11.2. The largest absolute Gasteiger partial charge is 0.448 e. The molecule has 0 radical (unpaired) electrons. The summed E-state index contributed by atoms with van der Waals surface area (Å²) in [5.41, 5.74) is 0. The lowest BCUT2D eigenvalue weighted by Crippen LogP contribution is -2.48. The first kappa shape index (κ1) is 13.4. The van der Waals surface area contributed by atoms with Crippen molar-refractivity contribution in [3.63, 3.8) is 0 Å². The van der Waals surface area contributed by atoms with Gasteiger partial charge < -0.3 is 9.47 Å². The third-order valence-electron chi connectivity index (χ3n) is 3.76. The van der Waals surface area contributed by atoms with Crippen molar-refractivity contribution in [1.29, 1.82) is 0 Å². The molecule has 0 spiro atoms. The Morgan fingerprint density at radius 1 is 1.06 bits per heavy atom. The molecule has 102 valence electrons. The molecule has 2 aliphatic rings. The number of ether oxygens (including phenoxy) is 2. The van der Waals surface area contributed by atoms with E-state index < -0.39 is 12.2 Å². The van der Waals surface area contributed by atoms with Crippen molar-refractivity contribution < 1.29 is 19.1 Å².